The first kappa shape index (κ1) is 18.0. The Morgan fingerprint density at radius 3 is 2.27 bits per heavy atom. The van der Waals surface area contributed by atoms with Crippen molar-refractivity contribution < 1.29 is 19.5 Å². The zero-order chi connectivity index (χ0) is 19.0. The van der Waals surface area contributed by atoms with E-state index in [-0.39, 0.29) is 16.3 Å². The van der Waals surface area contributed by atoms with E-state index >= 15 is 0 Å². The minimum absolute atomic E-state index is 0.0749. The van der Waals surface area contributed by atoms with Crippen molar-refractivity contribution in [2.75, 3.05) is 10.2 Å². The van der Waals surface area contributed by atoms with Crippen LogP contribution in [0.4, 0.5) is 11.4 Å². The number of hydrogen-bond donors (Lipinski definition) is 2. The third kappa shape index (κ3) is 3.16. The lowest BCUT2D eigenvalue weighted by molar-refractivity contribution is -0.120. The van der Waals surface area contributed by atoms with Gasteiger partial charge in [-0.15, -0.1) is 0 Å². The number of nitrogens with zero attached hydrogens (tertiary/aromatic N) is 1. The number of aryl methyl sites for hydroxylation is 1. The molecule has 0 unspecified atom stereocenters. The number of imide groups is 1. The van der Waals surface area contributed by atoms with Crippen molar-refractivity contribution in [2.24, 2.45) is 0 Å². The molecule has 2 N–H and O–H groups in total. The number of anilines is 2. The summed E-state index contributed by atoms with van der Waals surface area (Å²) in [7, 11) is 0. The fourth-order valence-corrected chi connectivity index (χ4v) is 2.98. The molecule has 0 radical (unpaired) electrons. The molecule has 0 atom stereocenters. The summed E-state index contributed by atoms with van der Waals surface area (Å²) >= 11 is 12.0. The van der Waals surface area contributed by atoms with Crippen molar-refractivity contribution in [1.29, 1.82) is 0 Å². The second-order valence-electron chi connectivity index (χ2n) is 5.57. The summed E-state index contributed by atoms with van der Waals surface area (Å²) in [6.07, 6.45) is 0. The predicted octanol–water partition coefficient (Wildman–Crippen LogP) is 3.78. The van der Waals surface area contributed by atoms with Crippen LogP contribution in [-0.2, 0) is 9.59 Å². The molecule has 132 valence electrons. The topological polar surface area (TPSA) is 86.7 Å². The number of benzene rings is 2. The maximum atomic E-state index is 12.7. The Hall–Kier alpha value is -2.83. The van der Waals surface area contributed by atoms with Crippen LogP contribution in [0.2, 0.25) is 5.02 Å². The van der Waals surface area contributed by atoms with Crippen molar-refractivity contribution in [2.45, 2.75) is 6.92 Å². The standard InChI is InChI=1S/C18H12Cl2N2O4/c1-9-8-11(19)4-7-13(9)22-16(23)14(20)15(17(22)24)21-12-5-2-10(3-6-12)18(25)26/h2-8,21H,1H3,(H,25,26). The quantitative estimate of drug-likeness (QED) is 0.775. The SMILES string of the molecule is Cc1cc(Cl)ccc1N1C(=O)C(Cl)=C(Nc2ccc(C(=O)O)cc2)C1=O. The maximum Gasteiger partial charge on any atom is 0.335 e. The second-order valence-corrected chi connectivity index (χ2v) is 6.39. The highest BCUT2D eigenvalue weighted by molar-refractivity contribution is 6.53. The van der Waals surface area contributed by atoms with Gasteiger partial charge in [0.1, 0.15) is 10.7 Å². The van der Waals surface area contributed by atoms with Gasteiger partial charge >= 0.3 is 5.97 Å². The van der Waals surface area contributed by atoms with Gasteiger partial charge in [0, 0.05) is 10.7 Å². The lowest BCUT2D eigenvalue weighted by Crippen LogP contribution is -2.32. The molecule has 26 heavy (non-hydrogen) atoms. The van der Waals surface area contributed by atoms with E-state index in [1.165, 1.54) is 24.3 Å². The first-order chi connectivity index (χ1) is 12.3. The third-order valence-electron chi connectivity index (χ3n) is 3.83. The molecule has 6 nitrogen and oxygen atoms in total. The van der Waals surface area contributed by atoms with Gasteiger partial charge in [-0.25, -0.2) is 9.69 Å². The van der Waals surface area contributed by atoms with E-state index in [2.05, 4.69) is 5.32 Å². The number of carbonyl (C=O) groups is 3. The number of carboxylic acid groups (broad SMARTS) is 1. The first-order valence-electron chi connectivity index (χ1n) is 7.44. The Balaban J connectivity index is 1.90. The zero-order valence-corrected chi connectivity index (χ0v) is 14.9. The van der Waals surface area contributed by atoms with Gasteiger partial charge in [0.05, 0.1) is 11.3 Å². The van der Waals surface area contributed by atoms with Gasteiger partial charge < -0.3 is 10.4 Å². The number of carbonyl (C=O) groups excluding carboxylic acids is 2. The number of rotatable bonds is 4. The highest BCUT2D eigenvalue weighted by Gasteiger charge is 2.39. The van der Waals surface area contributed by atoms with Gasteiger partial charge in [0.2, 0.25) is 0 Å². The molecular formula is C18H12Cl2N2O4. The Bertz CT molecular complexity index is 968. The molecule has 2 amide bonds. The Labute approximate surface area is 158 Å². The van der Waals surface area contributed by atoms with Gasteiger partial charge in [-0.3, -0.25) is 9.59 Å². The van der Waals surface area contributed by atoms with Crippen LogP contribution >= 0.6 is 23.2 Å². The van der Waals surface area contributed by atoms with Crippen molar-refractivity contribution in [3.8, 4) is 0 Å². The minimum Gasteiger partial charge on any atom is -0.478 e. The Morgan fingerprint density at radius 2 is 1.69 bits per heavy atom. The summed E-state index contributed by atoms with van der Waals surface area (Å²) in [6, 6.07) is 10.5. The fraction of sp³-hybridized carbons (Fsp3) is 0.0556. The molecule has 0 saturated carbocycles. The molecular weight excluding hydrogens is 379 g/mol. The van der Waals surface area contributed by atoms with Gasteiger partial charge in [-0.2, -0.15) is 0 Å². The summed E-state index contributed by atoms with van der Waals surface area (Å²) in [5.41, 5.74) is 1.49. The number of carboxylic acids is 1. The van der Waals surface area contributed by atoms with Crippen LogP contribution in [0.3, 0.4) is 0 Å². The van der Waals surface area contributed by atoms with Crippen LogP contribution in [0.25, 0.3) is 0 Å². The fourth-order valence-electron chi connectivity index (χ4n) is 2.54. The van der Waals surface area contributed by atoms with E-state index in [9.17, 15) is 14.4 Å². The Kier molecular flexibility index (Phi) is 4.71. The molecule has 0 spiro atoms. The number of aromatic carboxylic acids is 1. The molecule has 1 aliphatic rings. The highest BCUT2D eigenvalue weighted by Crippen LogP contribution is 2.33. The third-order valence-corrected chi connectivity index (χ3v) is 4.41. The molecule has 0 bridgehead atoms. The number of hydrogen-bond acceptors (Lipinski definition) is 4. The van der Waals surface area contributed by atoms with Gasteiger partial charge in [0.25, 0.3) is 11.8 Å². The van der Waals surface area contributed by atoms with E-state index in [0.29, 0.717) is 22.0 Å². The molecule has 3 rings (SSSR count). The molecule has 0 aromatic heterocycles. The normalized spacial score (nSPS) is 14.2. The molecule has 0 saturated heterocycles. The molecule has 1 aliphatic heterocycles. The van der Waals surface area contributed by atoms with Gasteiger partial charge in [0.15, 0.2) is 0 Å². The maximum absolute atomic E-state index is 12.7. The van der Waals surface area contributed by atoms with Crippen molar-refractivity contribution in [1.82, 2.24) is 0 Å². The molecule has 1 heterocycles. The lowest BCUT2D eigenvalue weighted by Gasteiger charge is -2.17. The average Bonchev–Trinajstić information content (AvgIpc) is 2.80. The number of nitrogens with one attached hydrogen (secondary N) is 1. The first-order valence-corrected chi connectivity index (χ1v) is 8.20. The smallest absolute Gasteiger partial charge is 0.335 e. The van der Waals surface area contributed by atoms with E-state index in [0.717, 1.165) is 4.90 Å². The lowest BCUT2D eigenvalue weighted by atomic mass is 10.2. The number of halogens is 2. The van der Waals surface area contributed by atoms with Crippen LogP contribution in [0.15, 0.2) is 53.2 Å². The monoisotopic (exact) mass is 390 g/mol. The highest BCUT2D eigenvalue weighted by atomic mass is 35.5. The largest absolute Gasteiger partial charge is 0.478 e. The van der Waals surface area contributed by atoms with Gasteiger partial charge in [-0.05, 0) is 55.0 Å². The second kappa shape index (κ2) is 6.82. The van der Waals surface area contributed by atoms with Crippen molar-refractivity contribution >= 4 is 52.4 Å². The van der Waals surface area contributed by atoms with Crippen LogP contribution < -0.4 is 10.2 Å². The summed E-state index contributed by atoms with van der Waals surface area (Å²) < 4.78 is 0. The predicted molar refractivity (Wildman–Crippen MR) is 98.6 cm³/mol. The van der Waals surface area contributed by atoms with Crippen LogP contribution in [0.5, 0.6) is 0 Å². The number of amides is 2. The van der Waals surface area contributed by atoms with Crippen molar-refractivity contribution in [3.05, 3.63) is 69.3 Å². The van der Waals surface area contributed by atoms with Crippen LogP contribution in [0.1, 0.15) is 15.9 Å². The van der Waals surface area contributed by atoms with Crippen LogP contribution in [-0.4, -0.2) is 22.9 Å². The summed E-state index contributed by atoms with van der Waals surface area (Å²) in [6.45, 7) is 1.73. The minimum atomic E-state index is -1.06. The van der Waals surface area contributed by atoms with Crippen LogP contribution in [0, 0.1) is 6.92 Å². The van der Waals surface area contributed by atoms with E-state index in [1.54, 1.807) is 25.1 Å². The average molecular weight is 391 g/mol. The summed E-state index contributed by atoms with van der Waals surface area (Å²) in [4.78, 5) is 37.0. The molecule has 0 aliphatic carbocycles. The molecule has 2 aromatic carbocycles. The molecule has 8 heteroatoms. The zero-order valence-electron chi connectivity index (χ0n) is 13.4. The van der Waals surface area contributed by atoms with E-state index < -0.39 is 17.8 Å². The Morgan fingerprint density at radius 1 is 1.04 bits per heavy atom. The van der Waals surface area contributed by atoms with E-state index in [4.69, 9.17) is 28.3 Å². The van der Waals surface area contributed by atoms with Gasteiger partial charge in [-0.1, -0.05) is 23.2 Å². The van der Waals surface area contributed by atoms with Crippen molar-refractivity contribution in [3.63, 3.8) is 0 Å². The summed E-state index contributed by atoms with van der Waals surface area (Å²) in [5, 5.41) is 11.9. The molecule has 0 fully saturated rings. The molecule has 2 aromatic rings. The summed E-state index contributed by atoms with van der Waals surface area (Å²) in [5.74, 6) is -2.32. The van der Waals surface area contributed by atoms with E-state index in [1.807, 2.05) is 0 Å².